The fourth-order valence-corrected chi connectivity index (χ4v) is 2.98. The Morgan fingerprint density at radius 3 is 2.36 bits per heavy atom. The molecule has 1 aliphatic heterocycles. The molecule has 116 valence electrons. The van der Waals surface area contributed by atoms with Crippen LogP contribution >= 0.6 is 0 Å². The lowest BCUT2D eigenvalue weighted by molar-refractivity contribution is 0.221. The van der Waals surface area contributed by atoms with Crippen LogP contribution in [0.5, 0.6) is 0 Å². The van der Waals surface area contributed by atoms with E-state index in [9.17, 15) is 0 Å². The molecule has 2 aromatic rings. The van der Waals surface area contributed by atoms with E-state index in [0.717, 1.165) is 25.3 Å². The predicted octanol–water partition coefficient (Wildman–Crippen LogP) is 3.36. The van der Waals surface area contributed by atoms with Gasteiger partial charge in [-0.2, -0.15) is 0 Å². The molecule has 0 unspecified atom stereocenters. The minimum Gasteiger partial charge on any atom is -0.307 e. The van der Waals surface area contributed by atoms with Gasteiger partial charge in [0.2, 0.25) is 0 Å². The lowest BCUT2D eigenvalue weighted by Crippen LogP contribution is -2.29. The van der Waals surface area contributed by atoms with E-state index in [1.165, 1.54) is 43.5 Å². The van der Waals surface area contributed by atoms with Gasteiger partial charge in [0.25, 0.3) is 0 Å². The summed E-state index contributed by atoms with van der Waals surface area (Å²) in [5, 5.41) is 3.45. The number of nitrogens with zero attached hydrogens (tertiary/aromatic N) is 2. The molecule has 22 heavy (non-hydrogen) atoms. The molecule has 1 saturated heterocycles. The van der Waals surface area contributed by atoms with Crippen LogP contribution in [0.4, 0.5) is 0 Å². The van der Waals surface area contributed by atoms with Crippen LogP contribution in [0.2, 0.25) is 0 Å². The summed E-state index contributed by atoms with van der Waals surface area (Å²) in [6, 6.07) is 15.0. The molecule has 3 heteroatoms. The van der Waals surface area contributed by atoms with Gasteiger partial charge in [0.05, 0.1) is 5.69 Å². The summed E-state index contributed by atoms with van der Waals surface area (Å²) < 4.78 is 0. The smallest absolute Gasteiger partial charge is 0.0541 e. The fourth-order valence-electron chi connectivity index (χ4n) is 2.98. The van der Waals surface area contributed by atoms with Gasteiger partial charge >= 0.3 is 0 Å². The van der Waals surface area contributed by atoms with Gasteiger partial charge < -0.3 is 5.32 Å². The number of benzene rings is 1. The molecular weight excluding hydrogens is 270 g/mol. The molecule has 3 nitrogen and oxygen atoms in total. The SMILES string of the molecule is c1ccc(CNCc2ccc(CN3CCCCC3)cc2)nc1. The van der Waals surface area contributed by atoms with Gasteiger partial charge in [0.1, 0.15) is 0 Å². The van der Waals surface area contributed by atoms with Gasteiger partial charge in [0, 0.05) is 25.8 Å². The van der Waals surface area contributed by atoms with Crippen LogP contribution in [0, 0.1) is 0 Å². The van der Waals surface area contributed by atoms with Crippen molar-refractivity contribution in [3.63, 3.8) is 0 Å². The summed E-state index contributed by atoms with van der Waals surface area (Å²) in [5.74, 6) is 0. The standard InChI is InChI=1S/C19H25N3/c1-4-12-22(13-5-1)16-18-9-7-17(8-10-18)14-20-15-19-6-2-3-11-21-19/h2-3,6-11,20H,1,4-5,12-16H2. The van der Waals surface area contributed by atoms with Crippen LogP contribution in [-0.2, 0) is 19.6 Å². The van der Waals surface area contributed by atoms with E-state index in [1.807, 2.05) is 18.3 Å². The third-order valence-corrected chi connectivity index (χ3v) is 4.24. The quantitative estimate of drug-likeness (QED) is 0.886. The molecule has 1 fully saturated rings. The first-order chi connectivity index (χ1) is 10.9. The molecule has 0 spiro atoms. The zero-order valence-electron chi connectivity index (χ0n) is 13.2. The molecule has 0 amide bonds. The highest BCUT2D eigenvalue weighted by Gasteiger charge is 2.10. The topological polar surface area (TPSA) is 28.2 Å². The molecule has 0 radical (unpaired) electrons. The Kier molecular flexibility index (Phi) is 5.57. The molecular formula is C19H25N3. The summed E-state index contributed by atoms with van der Waals surface area (Å²) >= 11 is 0. The molecule has 3 rings (SSSR count). The number of nitrogens with one attached hydrogen (secondary N) is 1. The van der Waals surface area contributed by atoms with Crippen molar-refractivity contribution in [2.24, 2.45) is 0 Å². The van der Waals surface area contributed by atoms with E-state index in [0.29, 0.717) is 0 Å². The molecule has 0 atom stereocenters. The molecule has 0 saturated carbocycles. The van der Waals surface area contributed by atoms with Gasteiger partial charge in [-0.25, -0.2) is 0 Å². The van der Waals surface area contributed by atoms with Gasteiger partial charge in [-0.15, -0.1) is 0 Å². The summed E-state index contributed by atoms with van der Waals surface area (Å²) in [7, 11) is 0. The first-order valence-corrected chi connectivity index (χ1v) is 8.31. The number of hydrogen-bond donors (Lipinski definition) is 1. The Bertz CT molecular complexity index is 545. The molecule has 0 bridgehead atoms. The van der Waals surface area contributed by atoms with Crippen LogP contribution in [0.1, 0.15) is 36.1 Å². The number of piperidine rings is 1. The Morgan fingerprint density at radius 2 is 1.64 bits per heavy atom. The second-order valence-electron chi connectivity index (χ2n) is 6.08. The molecule has 0 aliphatic carbocycles. The monoisotopic (exact) mass is 295 g/mol. The van der Waals surface area contributed by atoms with Crippen molar-refractivity contribution in [2.75, 3.05) is 13.1 Å². The van der Waals surface area contributed by atoms with E-state index >= 15 is 0 Å². The number of likely N-dealkylation sites (tertiary alicyclic amines) is 1. The van der Waals surface area contributed by atoms with Crippen LogP contribution < -0.4 is 5.32 Å². The van der Waals surface area contributed by atoms with E-state index in [4.69, 9.17) is 0 Å². The Balaban J connectivity index is 1.44. The average Bonchev–Trinajstić information content (AvgIpc) is 2.58. The van der Waals surface area contributed by atoms with Crippen molar-refractivity contribution in [3.05, 3.63) is 65.5 Å². The summed E-state index contributed by atoms with van der Waals surface area (Å²) in [5.41, 5.74) is 3.85. The maximum atomic E-state index is 4.32. The van der Waals surface area contributed by atoms with Gasteiger partial charge in [-0.05, 0) is 49.2 Å². The van der Waals surface area contributed by atoms with Crippen molar-refractivity contribution >= 4 is 0 Å². The Morgan fingerprint density at radius 1 is 0.864 bits per heavy atom. The lowest BCUT2D eigenvalue weighted by atomic mass is 10.1. The number of hydrogen-bond acceptors (Lipinski definition) is 3. The minimum absolute atomic E-state index is 0.816. The van der Waals surface area contributed by atoms with Crippen molar-refractivity contribution in [2.45, 2.75) is 38.9 Å². The highest BCUT2D eigenvalue weighted by Crippen LogP contribution is 2.13. The molecule has 1 aromatic carbocycles. The van der Waals surface area contributed by atoms with Gasteiger partial charge in [-0.3, -0.25) is 9.88 Å². The molecule has 1 aliphatic rings. The molecule has 1 N–H and O–H groups in total. The lowest BCUT2D eigenvalue weighted by Gasteiger charge is -2.26. The summed E-state index contributed by atoms with van der Waals surface area (Å²) in [6.07, 6.45) is 5.95. The van der Waals surface area contributed by atoms with Gasteiger partial charge in [-0.1, -0.05) is 36.8 Å². The van der Waals surface area contributed by atoms with Crippen molar-refractivity contribution in [1.29, 1.82) is 0 Å². The minimum atomic E-state index is 0.816. The number of aromatic nitrogens is 1. The van der Waals surface area contributed by atoms with Crippen LogP contribution in [0.25, 0.3) is 0 Å². The summed E-state index contributed by atoms with van der Waals surface area (Å²) in [4.78, 5) is 6.89. The predicted molar refractivity (Wildman–Crippen MR) is 90.4 cm³/mol. The van der Waals surface area contributed by atoms with Crippen LogP contribution in [0.15, 0.2) is 48.7 Å². The first kappa shape index (κ1) is 15.2. The third kappa shape index (κ3) is 4.65. The number of pyridine rings is 1. The summed E-state index contributed by atoms with van der Waals surface area (Å²) in [6.45, 7) is 5.32. The van der Waals surface area contributed by atoms with Crippen molar-refractivity contribution in [1.82, 2.24) is 15.2 Å². The molecule has 1 aromatic heterocycles. The third-order valence-electron chi connectivity index (χ3n) is 4.24. The highest BCUT2D eigenvalue weighted by atomic mass is 15.1. The van der Waals surface area contributed by atoms with E-state index in [1.54, 1.807) is 0 Å². The van der Waals surface area contributed by atoms with E-state index in [-0.39, 0.29) is 0 Å². The second-order valence-corrected chi connectivity index (χ2v) is 6.08. The van der Waals surface area contributed by atoms with Crippen LogP contribution in [-0.4, -0.2) is 23.0 Å². The van der Waals surface area contributed by atoms with Crippen molar-refractivity contribution in [3.8, 4) is 0 Å². The number of rotatable bonds is 6. The normalized spacial score (nSPS) is 15.8. The van der Waals surface area contributed by atoms with Crippen LogP contribution in [0.3, 0.4) is 0 Å². The van der Waals surface area contributed by atoms with Gasteiger partial charge in [0.15, 0.2) is 0 Å². The highest BCUT2D eigenvalue weighted by molar-refractivity contribution is 5.22. The second kappa shape index (κ2) is 8.06. The molecule has 2 heterocycles. The maximum Gasteiger partial charge on any atom is 0.0541 e. The van der Waals surface area contributed by atoms with Crippen molar-refractivity contribution < 1.29 is 0 Å². The first-order valence-electron chi connectivity index (χ1n) is 8.31. The Hall–Kier alpha value is -1.71. The largest absolute Gasteiger partial charge is 0.307 e. The fraction of sp³-hybridized carbons (Fsp3) is 0.421. The maximum absolute atomic E-state index is 4.32. The van der Waals surface area contributed by atoms with E-state index < -0.39 is 0 Å². The van der Waals surface area contributed by atoms with E-state index in [2.05, 4.69) is 45.5 Å². The average molecular weight is 295 g/mol. The zero-order valence-corrected chi connectivity index (χ0v) is 13.2. The zero-order chi connectivity index (χ0) is 15.0. The Labute approximate surface area is 133 Å².